The van der Waals surface area contributed by atoms with E-state index in [1.807, 2.05) is 0 Å². The normalized spacial score (nSPS) is 36.5. The number of hydrogen-bond donors (Lipinski definition) is 0. The monoisotopic (exact) mass is 208 g/mol. The Hall–Kier alpha value is -1.29. The largest absolute Gasteiger partial charge is 0.471 e. The third kappa shape index (κ3) is 1.14. The molecule has 1 aliphatic carbocycles. The molecule has 1 saturated heterocycles. The number of ether oxygens (including phenoxy) is 3. The minimum absolute atomic E-state index is 0.189. The second-order valence-electron chi connectivity index (χ2n) is 4.03. The Morgan fingerprint density at radius 3 is 3.27 bits per heavy atom. The van der Waals surface area contributed by atoms with Gasteiger partial charge in [-0.05, 0) is 12.0 Å². The van der Waals surface area contributed by atoms with Gasteiger partial charge >= 0.3 is 5.97 Å². The summed E-state index contributed by atoms with van der Waals surface area (Å²) in [5.41, 5.74) is 1.90. The number of methoxy groups -OCH3 is 1. The standard InChI is InChI=1S/C11H12O4/c1-13-10(12)8-5-15-11-9-6(4-14-11)2-3-7(8)9/h2,5,7,9,11H,3-4H2,1H3/t7-,9-,11+/m1/s1. The molecule has 0 radical (unpaired) electrons. The van der Waals surface area contributed by atoms with E-state index in [0.717, 1.165) is 6.42 Å². The van der Waals surface area contributed by atoms with E-state index in [1.165, 1.54) is 18.9 Å². The molecule has 2 aliphatic heterocycles. The summed E-state index contributed by atoms with van der Waals surface area (Å²) < 4.78 is 15.6. The first kappa shape index (κ1) is 8.97. The quantitative estimate of drug-likeness (QED) is 0.476. The maximum atomic E-state index is 11.5. The molecule has 3 rings (SSSR count). The Bertz CT molecular complexity index is 369. The molecule has 4 nitrogen and oxygen atoms in total. The van der Waals surface area contributed by atoms with Gasteiger partial charge in [-0.3, -0.25) is 0 Å². The number of hydrogen-bond acceptors (Lipinski definition) is 4. The molecule has 0 saturated carbocycles. The Kier molecular flexibility index (Phi) is 1.85. The van der Waals surface area contributed by atoms with Crippen LogP contribution in [0, 0.1) is 11.8 Å². The van der Waals surface area contributed by atoms with Crippen molar-refractivity contribution < 1.29 is 19.0 Å². The molecule has 0 aromatic carbocycles. The Morgan fingerprint density at radius 1 is 1.60 bits per heavy atom. The number of carbonyl (C=O) groups is 1. The van der Waals surface area contributed by atoms with Crippen molar-refractivity contribution in [3.05, 3.63) is 23.5 Å². The van der Waals surface area contributed by atoms with Crippen LogP contribution in [0.25, 0.3) is 0 Å². The van der Waals surface area contributed by atoms with Gasteiger partial charge in [0.1, 0.15) is 0 Å². The number of esters is 1. The number of rotatable bonds is 1. The van der Waals surface area contributed by atoms with Gasteiger partial charge < -0.3 is 14.2 Å². The van der Waals surface area contributed by atoms with E-state index in [4.69, 9.17) is 14.2 Å². The predicted octanol–water partition coefficient (Wildman–Crippen LogP) is 0.992. The smallest absolute Gasteiger partial charge is 0.337 e. The van der Waals surface area contributed by atoms with Gasteiger partial charge in [-0.2, -0.15) is 0 Å². The van der Waals surface area contributed by atoms with Crippen LogP contribution < -0.4 is 0 Å². The summed E-state index contributed by atoms with van der Waals surface area (Å²) in [6.45, 7) is 0.633. The van der Waals surface area contributed by atoms with Crippen LogP contribution in [0.5, 0.6) is 0 Å². The zero-order valence-electron chi connectivity index (χ0n) is 8.43. The molecule has 0 bridgehead atoms. The molecule has 0 N–H and O–H groups in total. The highest BCUT2D eigenvalue weighted by Crippen LogP contribution is 2.47. The van der Waals surface area contributed by atoms with E-state index < -0.39 is 0 Å². The average Bonchev–Trinajstić information content (AvgIpc) is 2.86. The SMILES string of the molecule is COC(=O)C1=CO[C@@H]2OCC3=CC[C@H]1[C@@H]32. The van der Waals surface area contributed by atoms with Crippen molar-refractivity contribution >= 4 is 5.97 Å². The highest BCUT2D eigenvalue weighted by atomic mass is 16.7. The van der Waals surface area contributed by atoms with Crippen LogP contribution >= 0.6 is 0 Å². The Labute approximate surface area is 87.5 Å². The van der Waals surface area contributed by atoms with E-state index in [-0.39, 0.29) is 24.1 Å². The average molecular weight is 208 g/mol. The second-order valence-corrected chi connectivity index (χ2v) is 4.03. The lowest BCUT2D eigenvalue weighted by Crippen LogP contribution is -2.32. The highest BCUT2D eigenvalue weighted by molar-refractivity contribution is 5.89. The maximum Gasteiger partial charge on any atom is 0.337 e. The zero-order valence-corrected chi connectivity index (χ0v) is 8.43. The fourth-order valence-electron chi connectivity index (χ4n) is 2.61. The molecule has 0 unspecified atom stereocenters. The van der Waals surface area contributed by atoms with Crippen LogP contribution in [0.1, 0.15) is 6.42 Å². The first-order valence-corrected chi connectivity index (χ1v) is 5.05. The van der Waals surface area contributed by atoms with Crippen LogP contribution in [-0.4, -0.2) is 26.0 Å². The van der Waals surface area contributed by atoms with Gasteiger partial charge in [-0.15, -0.1) is 0 Å². The summed E-state index contributed by atoms with van der Waals surface area (Å²) in [7, 11) is 1.39. The molecule has 1 fully saturated rings. The van der Waals surface area contributed by atoms with Crippen LogP contribution in [0.2, 0.25) is 0 Å². The van der Waals surface area contributed by atoms with Crippen molar-refractivity contribution in [1.29, 1.82) is 0 Å². The van der Waals surface area contributed by atoms with Gasteiger partial charge in [0.15, 0.2) is 0 Å². The third-order valence-corrected chi connectivity index (χ3v) is 3.35. The van der Waals surface area contributed by atoms with Gasteiger partial charge in [0.05, 0.1) is 31.5 Å². The molecule has 3 atom stereocenters. The van der Waals surface area contributed by atoms with Crippen molar-refractivity contribution in [3.8, 4) is 0 Å². The molecule has 0 amide bonds. The fraction of sp³-hybridized carbons (Fsp3) is 0.545. The molecule has 0 spiro atoms. The van der Waals surface area contributed by atoms with Gasteiger partial charge in [-0.1, -0.05) is 6.08 Å². The zero-order chi connectivity index (χ0) is 10.4. The lowest BCUT2D eigenvalue weighted by molar-refractivity contribution is -0.141. The predicted molar refractivity (Wildman–Crippen MR) is 50.6 cm³/mol. The molecule has 15 heavy (non-hydrogen) atoms. The van der Waals surface area contributed by atoms with Gasteiger partial charge in [0, 0.05) is 5.92 Å². The molecular weight excluding hydrogens is 196 g/mol. The van der Waals surface area contributed by atoms with E-state index in [1.54, 1.807) is 0 Å². The number of carbonyl (C=O) groups excluding carboxylic acids is 1. The van der Waals surface area contributed by atoms with Crippen LogP contribution in [0.3, 0.4) is 0 Å². The van der Waals surface area contributed by atoms with E-state index in [0.29, 0.717) is 12.2 Å². The first-order chi connectivity index (χ1) is 7.31. The molecular formula is C11H12O4. The highest BCUT2D eigenvalue weighted by Gasteiger charge is 2.48. The van der Waals surface area contributed by atoms with E-state index in [9.17, 15) is 4.79 Å². The summed E-state index contributed by atoms with van der Waals surface area (Å²) in [5, 5.41) is 0. The van der Waals surface area contributed by atoms with Crippen molar-refractivity contribution in [1.82, 2.24) is 0 Å². The second kappa shape index (κ2) is 3.10. The minimum Gasteiger partial charge on any atom is -0.471 e. The summed E-state index contributed by atoms with van der Waals surface area (Å²) in [5.74, 6) is 0.123. The molecule has 80 valence electrons. The summed E-state index contributed by atoms with van der Waals surface area (Å²) >= 11 is 0. The van der Waals surface area contributed by atoms with Crippen LogP contribution in [0.4, 0.5) is 0 Å². The lowest BCUT2D eigenvalue weighted by atomic mass is 9.85. The van der Waals surface area contributed by atoms with E-state index in [2.05, 4.69) is 6.08 Å². The summed E-state index contributed by atoms with van der Waals surface area (Å²) in [6, 6.07) is 0. The molecule has 0 aromatic rings. The van der Waals surface area contributed by atoms with Crippen LogP contribution in [0.15, 0.2) is 23.5 Å². The summed E-state index contributed by atoms with van der Waals surface area (Å²) in [6.07, 6.45) is 4.35. The number of allylic oxidation sites excluding steroid dienone is 1. The van der Waals surface area contributed by atoms with Crippen molar-refractivity contribution in [3.63, 3.8) is 0 Å². The molecule has 2 heterocycles. The molecule has 3 aliphatic rings. The molecule has 4 heteroatoms. The van der Waals surface area contributed by atoms with Crippen molar-refractivity contribution in [2.45, 2.75) is 12.7 Å². The van der Waals surface area contributed by atoms with Gasteiger partial charge in [0.2, 0.25) is 6.29 Å². The maximum absolute atomic E-state index is 11.5. The topological polar surface area (TPSA) is 44.8 Å². The van der Waals surface area contributed by atoms with Crippen LogP contribution in [-0.2, 0) is 19.0 Å². The Morgan fingerprint density at radius 2 is 2.47 bits per heavy atom. The van der Waals surface area contributed by atoms with Gasteiger partial charge in [-0.25, -0.2) is 4.79 Å². The lowest BCUT2D eigenvalue weighted by Gasteiger charge is -2.28. The summed E-state index contributed by atoms with van der Waals surface area (Å²) in [4.78, 5) is 11.5. The Balaban J connectivity index is 1.93. The van der Waals surface area contributed by atoms with Gasteiger partial charge in [0.25, 0.3) is 0 Å². The van der Waals surface area contributed by atoms with E-state index >= 15 is 0 Å². The van der Waals surface area contributed by atoms with Crippen molar-refractivity contribution in [2.24, 2.45) is 11.8 Å². The van der Waals surface area contributed by atoms with Crippen molar-refractivity contribution in [2.75, 3.05) is 13.7 Å². The first-order valence-electron chi connectivity index (χ1n) is 5.05. The molecule has 0 aromatic heterocycles. The minimum atomic E-state index is -0.292. The third-order valence-electron chi connectivity index (χ3n) is 3.35. The fourth-order valence-corrected chi connectivity index (χ4v) is 2.61.